The highest BCUT2D eigenvalue weighted by Crippen LogP contribution is 2.14. The van der Waals surface area contributed by atoms with E-state index in [0.717, 1.165) is 17.9 Å². The summed E-state index contributed by atoms with van der Waals surface area (Å²) in [6.07, 6.45) is 0.875. The highest BCUT2D eigenvalue weighted by Gasteiger charge is 1.96. The van der Waals surface area contributed by atoms with Crippen LogP contribution in [0.2, 0.25) is 0 Å². The molecule has 96 valence electrons. The molecule has 4 heteroatoms. The summed E-state index contributed by atoms with van der Waals surface area (Å²) in [6.45, 7) is 2.05. The molecule has 0 atom stereocenters. The first-order valence-corrected chi connectivity index (χ1v) is 6.81. The number of hydrogen-bond donors (Lipinski definition) is 1. The van der Waals surface area contributed by atoms with E-state index in [1.807, 2.05) is 30.3 Å². The fourth-order valence-electron chi connectivity index (χ4n) is 1.52. The Morgan fingerprint density at radius 3 is 2.83 bits per heavy atom. The molecule has 3 nitrogen and oxygen atoms in total. The Balaban J connectivity index is 1.56. The minimum Gasteiger partial charge on any atom is -0.493 e. The van der Waals surface area contributed by atoms with Crippen LogP contribution in [0, 0.1) is 0 Å². The largest absolute Gasteiger partial charge is 0.493 e. The fraction of sp³-hybridized carbons (Fsp3) is 0.286. The number of nitrogens with two attached hydrogens (primary N) is 1. The van der Waals surface area contributed by atoms with Gasteiger partial charge in [0.15, 0.2) is 0 Å². The molecule has 1 heterocycles. The highest BCUT2D eigenvalue weighted by molar-refractivity contribution is 7.09. The molecule has 2 aromatic rings. The van der Waals surface area contributed by atoms with Gasteiger partial charge in [0, 0.05) is 23.1 Å². The Hall–Kier alpha value is -1.52. The van der Waals surface area contributed by atoms with Crippen LogP contribution in [0.4, 0.5) is 5.69 Å². The zero-order valence-corrected chi connectivity index (χ0v) is 11.0. The molecule has 0 saturated carbocycles. The summed E-state index contributed by atoms with van der Waals surface area (Å²) in [7, 11) is 0. The maximum atomic E-state index is 5.66. The molecule has 1 aromatic carbocycles. The molecule has 1 aromatic heterocycles. The first-order valence-electron chi connectivity index (χ1n) is 5.93. The molecular weight excluding hydrogens is 246 g/mol. The van der Waals surface area contributed by atoms with Gasteiger partial charge in [-0.25, -0.2) is 0 Å². The lowest BCUT2D eigenvalue weighted by molar-refractivity contribution is 0.109. The van der Waals surface area contributed by atoms with Crippen molar-refractivity contribution in [2.24, 2.45) is 0 Å². The average molecular weight is 263 g/mol. The third kappa shape index (κ3) is 4.39. The number of ether oxygens (including phenoxy) is 2. The number of thiophene rings is 1. The average Bonchev–Trinajstić information content (AvgIpc) is 2.87. The van der Waals surface area contributed by atoms with E-state index in [2.05, 4.69) is 11.4 Å². The zero-order chi connectivity index (χ0) is 12.6. The molecule has 0 aliphatic carbocycles. The second-order valence-corrected chi connectivity index (χ2v) is 4.94. The molecule has 2 rings (SSSR count). The van der Waals surface area contributed by atoms with Gasteiger partial charge in [-0.3, -0.25) is 0 Å². The third-order valence-electron chi connectivity index (χ3n) is 2.38. The van der Waals surface area contributed by atoms with Crippen molar-refractivity contribution >= 4 is 17.0 Å². The van der Waals surface area contributed by atoms with Gasteiger partial charge in [0.2, 0.25) is 0 Å². The Bertz CT molecular complexity index is 457. The van der Waals surface area contributed by atoms with Gasteiger partial charge < -0.3 is 15.2 Å². The second kappa shape index (κ2) is 7.03. The van der Waals surface area contributed by atoms with Crippen LogP contribution in [0.3, 0.4) is 0 Å². The molecule has 0 radical (unpaired) electrons. The molecule has 0 unspecified atom stereocenters. The summed E-state index contributed by atoms with van der Waals surface area (Å²) in [6, 6.07) is 11.6. The first kappa shape index (κ1) is 12.9. The van der Waals surface area contributed by atoms with Crippen LogP contribution in [0.1, 0.15) is 11.3 Å². The van der Waals surface area contributed by atoms with Gasteiger partial charge in [0.1, 0.15) is 5.75 Å². The monoisotopic (exact) mass is 263 g/mol. The predicted octanol–water partition coefficient (Wildman–Crippen LogP) is 3.32. The van der Waals surface area contributed by atoms with Crippen molar-refractivity contribution in [2.45, 2.75) is 13.0 Å². The normalized spacial score (nSPS) is 10.4. The Morgan fingerprint density at radius 2 is 2.06 bits per heavy atom. The molecule has 0 fully saturated rings. The van der Waals surface area contributed by atoms with Gasteiger partial charge >= 0.3 is 0 Å². The van der Waals surface area contributed by atoms with Gasteiger partial charge in [-0.15, -0.1) is 11.3 Å². The summed E-state index contributed by atoms with van der Waals surface area (Å²) < 4.78 is 11.1. The molecule has 0 amide bonds. The number of rotatable bonds is 7. The Morgan fingerprint density at radius 1 is 1.11 bits per heavy atom. The van der Waals surface area contributed by atoms with Crippen LogP contribution in [0.25, 0.3) is 0 Å². The van der Waals surface area contributed by atoms with Crippen LogP contribution in [0.5, 0.6) is 5.75 Å². The quantitative estimate of drug-likeness (QED) is 0.615. The van der Waals surface area contributed by atoms with Crippen LogP contribution >= 0.6 is 11.3 Å². The van der Waals surface area contributed by atoms with Crippen molar-refractivity contribution in [1.29, 1.82) is 0 Å². The molecule has 2 N–H and O–H groups in total. The second-order valence-electron chi connectivity index (χ2n) is 3.91. The van der Waals surface area contributed by atoms with Gasteiger partial charge in [-0.2, -0.15) is 0 Å². The van der Waals surface area contributed by atoms with E-state index in [4.69, 9.17) is 15.2 Å². The smallest absolute Gasteiger partial charge is 0.121 e. The first-order chi connectivity index (χ1) is 8.84. The van der Waals surface area contributed by atoms with Crippen molar-refractivity contribution in [3.8, 4) is 5.75 Å². The number of benzene rings is 1. The SMILES string of the molecule is Nc1cccc(OCCCOCc2cccs2)c1. The summed E-state index contributed by atoms with van der Waals surface area (Å²) in [5.41, 5.74) is 6.38. The van der Waals surface area contributed by atoms with Crippen LogP contribution < -0.4 is 10.5 Å². The lowest BCUT2D eigenvalue weighted by Crippen LogP contribution is -2.03. The molecule has 0 saturated heterocycles. The minimum absolute atomic E-state index is 0.647. The summed E-state index contributed by atoms with van der Waals surface area (Å²) in [5.74, 6) is 0.813. The Kier molecular flexibility index (Phi) is 5.05. The Labute approximate surface area is 111 Å². The molecule has 0 bridgehead atoms. The number of nitrogen functional groups attached to an aromatic ring is 1. The zero-order valence-electron chi connectivity index (χ0n) is 10.2. The minimum atomic E-state index is 0.647. The van der Waals surface area contributed by atoms with E-state index in [-0.39, 0.29) is 0 Å². The van der Waals surface area contributed by atoms with E-state index in [9.17, 15) is 0 Å². The predicted molar refractivity (Wildman–Crippen MR) is 74.9 cm³/mol. The standard InChI is InChI=1S/C14H17NO2S/c15-12-4-1-5-13(10-12)17-8-3-7-16-11-14-6-2-9-18-14/h1-2,4-6,9-10H,3,7-8,11,15H2. The third-order valence-corrected chi connectivity index (χ3v) is 3.23. The van der Waals surface area contributed by atoms with Gasteiger partial charge in [-0.05, 0) is 23.6 Å². The molecule has 0 spiro atoms. The van der Waals surface area contributed by atoms with E-state index in [1.54, 1.807) is 11.3 Å². The van der Waals surface area contributed by atoms with Crippen molar-refractivity contribution in [2.75, 3.05) is 18.9 Å². The van der Waals surface area contributed by atoms with E-state index < -0.39 is 0 Å². The van der Waals surface area contributed by atoms with Crippen molar-refractivity contribution < 1.29 is 9.47 Å². The van der Waals surface area contributed by atoms with Crippen LogP contribution in [0.15, 0.2) is 41.8 Å². The highest BCUT2D eigenvalue weighted by atomic mass is 32.1. The van der Waals surface area contributed by atoms with E-state index >= 15 is 0 Å². The topological polar surface area (TPSA) is 44.5 Å². The lowest BCUT2D eigenvalue weighted by atomic mass is 10.3. The number of hydrogen-bond acceptors (Lipinski definition) is 4. The summed E-state index contributed by atoms with van der Waals surface area (Å²) >= 11 is 1.72. The molecule has 18 heavy (non-hydrogen) atoms. The van der Waals surface area contributed by atoms with Gasteiger partial charge in [0.25, 0.3) is 0 Å². The lowest BCUT2D eigenvalue weighted by Gasteiger charge is -2.07. The van der Waals surface area contributed by atoms with E-state index in [0.29, 0.717) is 19.8 Å². The molecule has 0 aliphatic heterocycles. The van der Waals surface area contributed by atoms with E-state index in [1.165, 1.54) is 4.88 Å². The summed E-state index contributed by atoms with van der Waals surface area (Å²) in [4.78, 5) is 1.26. The van der Waals surface area contributed by atoms with Crippen molar-refractivity contribution in [3.63, 3.8) is 0 Å². The van der Waals surface area contributed by atoms with Crippen molar-refractivity contribution in [1.82, 2.24) is 0 Å². The maximum Gasteiger partial charge on any atom is 0.121 e. The maximum absolute atomic E-state index is 5.66. The van der Waals surface area contributed by atoms with Crippen LogP contribution in [-0.4, -0.2) is 13.2 Å². The van der Waals surface area contributed by atoms with Crippen molar-refractivity contribution in [3.05, 3.63) is 46.7 Å². The number of anilines is 1. The fourth-order valence-corrected chi connectivity index (χ4v) is 2.16. The van der Waals surface area contributed by atoms with Gasteiger partial charge in [0.05, 0.1) is 19.8 Å². The van der Waals surface area contributed by atoms with Gasteiger partial charge in [-0.1, -0.05) is 12.1 Å². The van der Waals surface area contributed by atoms with Crippen LogP contribution in [-0.2, 0) is 11.3 Å². The summed E-state index contributed by atoms with van der Waals surface area (Å²) in [5, 5.41) is 2.06. The molecular formula is C14H17NO2S. The molecule has 0 aliphatic rings.